The van der Waals surface area contributed by atoms with Crippen molar-refractivity contribution in [1.29, 1.82) is 0 Å². The number of anilines is 1. The fourth-order valence-electron chi connectivity index (χ4n) is 3.71. The van der Waals surface area contributed by atoms with E-state index in [0.717, 1.165) is 9.13 Å². The highest BCUT2D eigenvalue weighted by Gasteiger charge is 2.18. The van der Waals surface area contributed by atoms with Gasteiger partial charge in [0.1, 0.15) is 17.0 Å². The molecule has 0 atom stereocenters. The molecular formula is C27H17ClIN3O5. The predicted molar refractivity (Wildman–Crippen MR) is 150 cm³/mol. The zero-order valence-electron chi connectivity index (χ0n) is 19.2. The molecule has 0 saturated carbocycles. The number of halogens is 2. The van der Waals surface area contributed by atoms with Crippen LogP contribution in [-0.2, 0) is 4.79 Å². The van der Waals surface area contributed by atoms with E-state index in [-0.39, 0.29) is 11.6 Å². The van der Waals surface area contributed by atoms with Crippen LogP contribution < -0.4 is 5.32 Å². The fraction of sp³-hybridized carbons (Fsp3) is 0.0370. The van der Waals surface area contributed by atoms with E-state index in [2.05, 4.69) is 32.9 Å². The van der Waals surface area contributed by atoms with E-state index in [1.807, 2.05) is 12.1 Å². The predicted octanol–water partition coefficient (Wildman–Crippen LogP) is 7.88. The van der Waals surface area contributed by atoms with Crippen molar-refractivity contribution in [3.05, 3.63) is 103 Å². The average Bonchev–Trinajstić information content (AvgIpc) is 3.51. The van der Waals surface area contributed by atoms with Gasteiger partial charge in [-0.15, -0.1) is 0 Å². The molecule has 0 spiro atoms. The first-order chi connectivity index (χ1) is 17.8. The number of rotatable bonds is 6. The lowest BCUT2D eigenvalue weighted by molar-refractivity contribution is -0.384. The van der Waals surface area contributed by atoms with E-state index in [0.29, 0.717) is 50.3 Å². The minimum absolute atomic E-state index is 0.0432. The third kappa shape index (κ3) is 5.42. The number of hydrogen-bond donors (Lipinski definition) is 1. The molecule has 0 fully saturated rings. The highest BCUT2D eigenvalue weighted by molar-refractivity contribution is 14.1. The number of oxazole rings is 1. The Labute approximate surface area is 229 Å². The molecule has 8 nitrogen and oxygen atoms in total. The van der Waals surface area contributed by atoms with Gasteiger partial charge in [0.05, 0.1) is 21.1 Å². The number of benzene rings is 3. The molecule has 0 unspecified atom stereocenters. The highest BCUT2D eigenvalue weighted by Crippen LogP contribution is 2.33. The smallest absolute Gasteiger partial charge is 0.280 e. The molecule has 0 aliphatic rings. The maximum atomic E-state index is 12.5. The number of fused-ring (bicyclic) bond motifs is 1. The van der Waals surface area contributed by atoms with Gasteiger partial charge in [0.15, 0.2) is 5.58 Å². The SMILES string of the molecule is Cc1ccc(-c2ccc(/C=C/C(=O)Nc3ccc4oc(-c5cc(I)ccc5Cl)nc4c3)o2)c([N+](=O)[O-])c1. The third-order valence-electron chi connectivity index (χ3n) is 5.46. The van der Waals surface area contributed by atoms with E-state index in [4.69, 9.17) is 20.4 Å². The molecule has 0 radical (unpaired) electrons. The first-order valence-corrected chi connectivity index (χ1v) is 12.4. The minimum Gasteiger partial charge on any atom is -0.456 e. The summed E-state index contributed by atoms with van der Waals surface area (Å²) in [6.45, 7) is 1.78. The van der Waals surface area contributed by atoms with E-state index in [9.17, 15) is 14.9 Å². The number of aromatic nitrogens is 1. The summed E-state index contributed by atoms with van der Waals surface area (Å²) in [4.78, 5) is 28.0. The zero-order chi connectivity index (χ0) is 26.1. The van der Waals surface area contributed by atoms with Crippen LogP contribution in [0.5, 0.6) is 0 Å². The summed E-state index contributed by atoms with van der Waals surface area (Å²) in [6, 6.07) is 18.9. The van der Waals surface area contributed by atoms with Crippen molar-refractivity contribution in [2.24, 2.45) is 0 Å². The summed E-state index contributed by atoms with van der Waals surface area (Å²) in [5.41, 5.74) is 3.45. The van der Waals surface area contributed by atoms with Crippen LogP contribution in [0, 0.1) is 20.6 Å². The fourth-order valence-corrected chi connectivity index (χ4v) is 4.40. The molecule has 0 aliphatic heterocycles. The number of hydrogen-bond acceptors (Lipinski definition) is 6. The molecule has 0 saturated heterocycles. The number of amides is 1. The number of nitrogens with zero attached hydrogens (tertiary/aromatic N) is 2. The molecule has 2 heterocycles. The lowest BCUT2D eigenvalue weighted by atomic mass is 10.1. The van der Waals surface area contributed by atoms with Crippen molar-refractivity contribution >= 4 is 68.6 Å². The van der Waals surface area contributed by atoms with Crippen LogP contribution in [0.15, 0.2) is 81.6 Å². The highest BCUT2D eigenvalue weighted by atomic mass is 127. The molecule has 2 aromatic heterocycles. The van der Waals surface area contributed by atoms with Crippen molar-refractivity contribution in [3.8, 4) is 22.8 Å². The number of nitro groups is 1. The number of carbonyl (C=O) groups is 1. The monoisotopic (exact) mass is 625 g/mol. The van der Waals surface area contributed by atoms with Crippen LogP contribution in [0.25, 0.3) is 40.0 Å². The van der Waals surface area contributed by atoms with E-state index >= 15 is 0 Å². The van der Waals surface area contributed by atoms with Gasteiger partial charge < -0.3 is 14.2 Å². The second kappa shape index (κ2) is 10.2. The molecule has 37 heavy (non-hydrogen) atoms. The third-order valence-corrected chi connectivity index (χ3v) is 6.46. The van der Waals surface area contributed by atoms with Gasteiger partial charge in [-0.1, -0.05) is 17.7 Å². The standard InChI is InChI=1S/C27H17ClIN3O5/c1-15-2-7-19(23(12-15)32(34)35)24-10-5-18(36-24)6-11-26(33)30-17-4-9-25-22(14-17)31-27(37-25)20-13-16(29)3-8-21(20)28/h2-14H,1H3,(H,30,33)/b11-6+. The Morgan fingerprint density at radius 2 is 1.89 bits per heavy atom. The summed E-state index contributed by atoms with van der Waals surface area (Å²) in [5, 5.41) is 14.7. The van der Waals surface area contributed by atoms with Crippen LogP contribution in [0.3, 0.4) is 0 Å². The van der Waals surface area contributed by atoms with Crippen molar-refractivity contribution in [1.82, 2.24) is 4.98 Å². The summed E-state index contributed by atoms with van der Waals surface area (Å²) < 4.78 is 12.6. The van der Waals surface area contributed by atoms with Crippen LogP contribution in [0.1, 0.15) is 11.3 Å². The zero-order valence-corrected chi connectivity index (χ0v) is 22.1. The quantitative estimate of drug-likeness (QED) is 0.0889. The molecule has 5 rings (SSSR count). The van der Waals surface area contributed by atoms with Crippen molar-refractivity contribution in [3.63, 3.8) is 0 Å². The lowest BCUT2D eigenvalue weighted by Crippen LogP contribution is -2.07. The lowest BCUT2D eigenvalue weighted by Gasteiger charge is -2.01. The van der Waals surface area contributed by atoms with Crippen LogP contribution >= 0.6 is 34.2 Å². The molecule has 0 bridgehead atoms. The van der Waals surface area contributed by atoms with Gasteiger partial charge in [0.2, 0.25) is 11.8 Å². The summed E-state index contributed by atoms with van der Waals surface area (Å²) in [5.74, 6) is 0.727. The number of nitrogens with one attached hydrogen (secondary N) is 1. The minimum atomic E-state index is -0.447. The van der Waals surface area contributed by atoms with Gasteiger partial charge in [-0.3, -0.25) is 14.9 Å². The second-order valence-corrected chi connectivity index (χ2v) is 9.78. The first kappa shape index (κ1) is 24.7. The Morgan fingerprint density at radius 3 is 2.70 bits per heavy atom. The molecule has 5 aromatic rings. The number of aryl methyl sites for hydroxylation is 1. The summed E-state index contributed by atoms with van der Waals surface area (Å²) in [7, 11) is 0. The maximum absolute atomic E-state index is 12.5. The largest absolute Gasteiger partial charge is 0.456 e. The number of nitro benzene ring substituents is 1. The van der Waals surface area contributed by atoms with E-state index in [1.165, 1.54) is 18.2 Å². The number of carbonyl (C=O) groups excluding carboxylic acids is 1. The Kier molecular flexibility index (Phi) is 6.81. The van der Waals surface area contributed by atoms with Crippen LogP contribution in [0.2, 0.25) is 5.02 Å². The van der Waals surface area contributed by atoms with Crippen molar-refractivity contribution < 1.29 is 18.6 Å². The van der Waals surface area contributed by atoms with E-state index in [1.54, 1.807) is 55.5 Å². The molecule has 1 N–H and O–H groups in total. The van der Waals surface area contributed by atoms with Crippen LogP contribution in [-0.4, -0.2) is 15.8 Å². The average molecular weight is 626 g/mol. The summed E-state index contributed by atoms with van der Waals surface area (Å²) in [6.07, 6.45) is 2.81. The van der Waals surface area contributed by atoms with Gasteiger partial charge in [-0.2, -0.15) is 0 Å². The molecular weight excluding hydrogens is 609 g/mol. The molecule has 3 aromatic carbocycles. The molecule has 1 amide bonds. The summed E-state index contributed by atoms with van der Waals surface area (Å²) >= 11 is 8.49. The van der Waals surface area contributed by atoms with Gasteiger partial charge >= 0.3 is 0 Å². The normalized spacial score (nSPS) is 11.3. The number of furan rings is 1. The van der Waals surface area contributed by atoms with Crippen molar-refractivity contribution in [2.45, 2.75) is 6.92 Å². The second-order valence-electron chi connectivity index (χ2n) is 8.13. The van der Waals surface area contributed by atoms with Crippen LogP contribution in [0.4, 0.5) is 11.4 Å². The van der Waals surface area contributed by atoms with Gasteiger partial charge in [-0.25, -0.2) is 4.98 Å². The molecule has 184 valence electrons. The van der Waals surface area contributed by atoms with E-state index < -0.39 is 4.92 Å². The Balaban J connectivity index is 1.31. The Hall–Kier alpha value is -3.96. The molecule has 0 aliphatic carbocycles. The first-order valence-electron chi connectivity index (χ1n) is 11.0. The van der Waals surface area contributed by atoms with Gasteiger partial charge in [-0.05, 0) is 95.8 Å². The van der Waals surface area contributed by atoms with Gasteiger partial charge in [0.25, 0.3) is 5.69 Å². The van der Waals surface area contributed by atoms with Gasteiger partial charge in [0, 0.05) is 21.4 Å². The van der Waals surface area contributed by atoms with Crippen molar-refractivity contribution in [2.75, 3.05) is 5.32 Å². The topological polar surface area (TPSA) is 111 Å². The molecule has 10 heteroatoms. The maximum Gasteiger partial charge on any atom is 0.280 e. The Morgan fingerprint density at radius 1 is 1.05 bits per heavy atom. The Bertz CT molecular complexity index is 1710.